The first kappa shape index (κ1) is 7.45. The minimum absolute atomic E-state index is 0.0777. The SMILES string of the molecule is O=C(O)C1CN=C([N+](=O)[O-])N1. The molecule has 1 aliphatic heterocycles. The van der Waals surface area contributed by atoms with Gasteiger partial charge in [0.1, 0.15) is 6.54 Å². The number of aliphatic carboxylic acids is 1. The second-order valence-electron chi connectivity index (χ2n) is 1.96. The minimum Gasteiger partial charge on any atom is -0.479 e. The number of hydrogen-bond acceptors (Lipinski definition) is 5. The number of carbonyl (C=O) groups is 1. The molecule has 0 amide bonds. The predicted molar refractivity (Wildman–Crippen MR) is 33.9 cm³/mol. The number of guanidine groups is 1. The highest BCUT2D eigenvalue weighted by Crippen LogP contribution is 1.95. The van der Waals surface area contributed by atoms with Gasteiger partial charge in [-0.25, -0.2) is 4.79 Å². The quantitative estimate of drug-likeness (QED) is 0.364. The Balaban J connectivity index is 2.56. The molecule has 7 heteroatoms. The fraction of sp³-hybridized carbons (Fsp3) is 0.500. The van der Waals surface area contributed by atoms with E-state index < -0.39 is 22.9 Å². The van der Waals surface area contributed by atoms with E-state index in [1.807, 2.05) is 0 Å². The van der Waals surface area contributed by atoms with Crippen LogP contribution in [0.2, 0.25) is 0 Å². The monoisotopic (exact) mass is 159 g/mol. The summed E-state index contributed by atoms with van der Waals surface area (Å²) in [5.74, 6) is -1.61. The zero-order chi connectivity index (χ0) is 8.43. The van der Waals surface area contributed by atoms with Crippen LogP contribution in [0.15, 0.2) is 4.99 Å². The standard InChI is InChI=1S/C4H5N3O4/c8-3(9)2-1-5-4(6-2)7(10)11/h2H,1H2,(H,5,6)(H,8,9). The zero-order valence-electron chi connectivity index (χ0n) is 5.35. The summed E-state index contributed by atoms with van der Waals surface area (Å²) in [6.07, 6.45) is 0. The summed E-state index contributed by atoms with van der Waals surface area (Å²) in [6, 6.07) is -0.949. The Labute approximate surface area is 60.9 Å². The van der Waals surface area contributed by atoms with E-state index in [1.165, 1.54) is 0 Å². The van der Waals surface area contributed by atoms with Gasteiger partial charge in [0.05, 0.1) is 0 Å². The van der Waals surface area contributed by atoms with Gasteiger partial charge in [-0.3, -0.25) is 5.32 Å². The Morgan fingerprint density at radius 1 is 1.91 bits per heavy atom. The summed E-state index contributed by atoms with van der Waals surface area (Å²) < 4.78 is 0. The Kier molecular flexibility index (Phi) is 1.71. The van der Waals surface area contributed by atoms with Crippen molar-refractivity contribution >= 4 is 11.9 Å². The molecule has 1 aliphatic rings. The van der Waals surface area contributed by atoms with Gasteiger partial charge in [0.25, 0.3) is 0 Å². The molecule has 0 aromatic carbocycles. The summed E-state index contributed by atoms with van der Waals surface area (Å²) in [6.45, 7) is -0.0777. The van der Waals surface area contributed by atoms with Crippen LogP contribution < -0.4 is 5.32 Å². The number of nitrogens with zero attached hydrogens (tertiary/aromatic N) is 2. The Morgan fingerprint density at radius 2 is 2.55 bits per heavy atom. The van der Waals surface area contributed by atoms with Gasteiger partial charge in [-0.2, -0.15) is 0 Å². The van der Waals surface area contributed by atoms with E-state index in [-0.39, 0.29) is 6.54 Å². The Morgan fingerprint density at radius 3 is 2.82 bits per heavy atom. The van der Waals surface area contributed by atoms with E-state index in [2.05, 4.69) is 10.3 Å². The Hall–Kier alpha value is -1.66. The van der Waals surface area contributed by atoms with Crippen LogP contribution in [0.1, 0.15) is 0 Å². The molecule has 1 atom stereocenters. The average Bonchev–Trinajstić information content (AvgIpc) is 2.33. The van der Waals surface area contributed by atoms with Gasteiger partial charge in [0, 0.05) is 0 Å². The molecule has 0 aromatic heterocycles. The molecule has 0 aliphatic carbocycles. The topological polar surface area (TPSA) is 105 Å². The van der Waals surface area contributed by atoms with Gasteiger partial charge in [-0.1, -0.05) is 0 Å². The first-order chi connectivity index (χ1) is 5.11. The minimum atomic E-state index is -1.13. The van der Waals surface area contributed by atoms with E-state index in [1.54, 1.807) is 0 Å². The molecule has 0 fully saturated rings. The van der Waals surface area contributed by atoms with Crippen LogP contribution in [0.5, 0.6) is 0 Å². The smallest absolute Gasteiger partial charge is 0.423 e. The summed E-state index contributed by atoms with van der Waals surface area (Å²) in [5, 5.41) is 20.5. The molecular weight excluding hydrogens is 154 g/mol. The van der Waals surface area contributed by atoms with Gasteiger partial charge in [0.2, 0.25) is 6.04 Å². The number of aliphatic imine (C=N–C) groups is 1. The molecule has 0 aromatic rings. The third kappa shape index (κ3) is 1.42. The molecule has 0 saturated heterocycles. The van der Waals surface area contributed by atoms with Crippen molar-refractivity contribution in [3.05, 3.63) is 10.1 Å². The van der Waals surface area contributed by atoms with Crippen LogP contribution >= 0.6 is 0 Å². The molecule has 0 spiro atoms. The van der Waals surface area contributed by atoms with Crippen molar-refractivity contribution < 1.29 is 14.8 Å². The molecule has 0 bridgehead atoms. The predicted octanol–water partition coefficient (Wildman–Crippen LogP) is -1.32. The van der Waals surface area contributed by atoms with Crippen LogP contribution in [0.4, 0.5) is 0 Å². The highest BCUT2D eigenvalue weighted by Gasteiger charge is 2.32. The second-order valence-corrected chi connectivity index (χ2v) is 1.96. The second kappa shape index (κ2) is 2.52. The normalized spacial score (nSPS) is 22.2. The van der Waals surface area contributed by atoms with Crippen LogP contribution in [-0.2, 0) is 4.79 Å². The first-order valence-electron chi connectivity index (χ1n) is 2.79. The fourth-order valence-corrected chi connectivity index (χ4v) is 0.675. The zero-order valence-corrected chi connectivity index (χ0v) is 5.35. The van der Waals surface area contributed by atoms with E-state index in [0.717, 1.165) is 0 Å². The highest BCUT2D eigenvalue weighted by atomic mass is 16.6. The van der Waals surface area contributed by atoms with Crippen LogP contribution in [0.3, 0.4) is 0 Å². The molecule has 1 heterocycles. The van der Waals surface area contributed by atoms with E-state index in [4.69, 9.17) is 5.11 Å². The van der Waals surface area contributed by atoms with E-state index >= 15 is 0 Å². The van der Waals surface area contributed by atoms with Crippen molar-refractivity contribution in [2.45, 2.75) is 6.04 Å². The molecule has 0 radical (unpaired) electrons. The lowest BCUT2D eigenvalue weighted by Gasteiger charge is -1.98. The summed E-state index contributed by atoms with van der Waals surface area (Å²) >= 11 is 0. The molecule has 11 heavy (non-hydrogen) atoms. The molecular formula is C4H5N3O4. The average molecular weight is 159 g/mol. The lowest BCUT2D eigenvalue weighted by atomic mass is 10.3. The van der Waals surface area contributed by atoms with Gasteiger partial charge in [-0.05, 0) is 4.92 Å². The molecule has 7 nitrogen and oxygen atoms in total. The number of rotatable bonds is 1. The molecule has 2 N–H and O–H groups in total. The fourth-order valence-electron chi connectivity index (χ4n) is 0.675. The van der Waals surface area contributed by atoms with Crippen molar-refractivity contribution in [3.8, 4) is 0 Å². The third-order valence-electron chi connectivity index (χ3n) is 1.20. The van der Waals surface area contributed by atoms with Crippen molar-refractivity contribution in [1.29, 1.82) is 0 Å². The number of carboxylic acids is 1. The van der Waals surface area contributed by atoms with Crippen LogP contribution in [0.25, 0.3) is 0 Å². The summed E-state index contributed by atoms with van der Waals surface area (Å²) in [7, 11) is 0. The first-order valence-corrected chi connectivity index (χ1v) is 2.79. The summed E-state index contributed by atoms with van der Waals surface area (Å²) in [5.41, 5.74) is 0. The van der Waals surface area contributed by atoms with Gasteiger partial charge < -0.3 is 15.2 Å². The Bertz CT molecular complexity index is 235. The van der Waals surface area contributed by atoms with Crippen molar-refractivity contribution in [1.82, 2.24) is 5.32 Å². The lowest BCUT2D eigenvalue weighted by Crippen LogP contribution is -2.39. The summed E-state index contributed by atoms with van der Waals surface area (Å²) in [4.78, 5) is 22.8. The number of nitrogens with one attached hydrogen (secondary N) is 1. The number of nitro groups is 1. The van der Waals surface area contributed by atoms with Crippen molar-refractivity contribution in [3.63, 3.8) is 0 Å². The third-order valence-corrected chi connectivity index (χ3v) is 1.20. The van der Waals surface area contributed by atoms with Gasteiger partial charge in [-0.15, -0.1) is 4.99 Å². The molecule has 0 saturated carbocycles. The highest BCUT2D eigenvalue weighted by molar-refractivity contribution is 5.84. The van der Waals surface area contributed by atoms with Crippen molar-refractivity contribution in [2.75, 3.05) is 6.54 Å². The number of carboxylic acid groups (broad SMARTS) is 1. The maximum absolute atomic E-state index is 10.2. The maximum atomic E-state index is 10.2. The molecule has 60 valence electrons. The lowest BCUT2D eigenvalue weighted by molar-refractivity contribution is -0.354. The van der Waals surface area contributed by atoms with Gasteiger partial charge >= 0.3 is 11.9 Å². The number of hydrogen-bond donors (Lipinski definition) is 2. The molecule has 1 rings (SSSR count). The van der Waals surface area contributed by atoms with Gasteiger partial charge in [0.15, 0.2) is 0 Å². The largest absolute Gasteiger partial charge is 0.479 e. The maximum Gasteiger partial charge on any atom is 0.423 e. The van der Waals surface area contributed by atoms with Crippen LogP contribution in [-0.4, -0.2) is 34.5 Å². The van der Waals surface area contributed by atoms with E-state index in [0.29, 0.717) is 0 Å². The molecule has 1 unspecified atom stereocenters. The van der Waals surface area contributed by atoms with Crippen LogP contribution in [0, 0.1) is 10.1 Å². The van der Waals surface area contributed by atoms with Crippen molar-refractivity contribution in [2.24, 2.45) is 4.99 Å². The van der Waals surface area contributed by atoms with E-state index in [9.17, 15) is 14.9 Å².